The molecule has 7 aromatic rings. The van der Waals surface area contributed by atoms with E-state index in [2.05, 4.69) is 146 Å². The fraction of sp³-hybridized carbons (Fsp3) is 0.149. The van der Waals surface area contributed by atoms with Crippen molar-refractivity contribution in [3.63, 3.8) is 0 Å². The van der Waals surface area contributed by atoms with Gasteiger partial charge in [-0.15, -0.1) is 0 Å². The highest BCUT2D eigenvalue weighted by Crippen LogP contribution is 2.64. The smallest absolute Gasteiger partial charge is 0.131 e. The van der Waals surface area contributed by atoms with Crippen molar-refractivity contribution in [2.75, 3.05) is 0 Å². The lowest BCUT2D eigenvalue weighted by atomic mass is 9.63. The number of benzene rings is 7. The van der Waals surface area contributed by atoms with Gasteiger partial charge in [-0.3, -0.25) is 0 Å². The molecule has 1 fully saturated rings. The van der Waals surface area contributed by atoms with Crippen molar-refractivity contribution >= 4 is 10.8 Å². The van der Waals surface area contributed by atoms with Crippen molar-refractivity contribution in [1.82, 2.24) is 0 Å². The van der Waals surface area contributed by atoms with Gasteiger partial charge >= 0.3 is 0 Å². The molecule has 7 aromatic carbocycles. The van der Waals surface area contributed by atoms with Gasteiger partial charge in [0.2, 0.25) is 0 Å². The maximum absolute atomic E-state index is 6.58. The van der Waals surface area contributed by atoms with E-state index in [1.807, 2.05) is 0 Å². The largest absolute Gasteiger partial charge is 0.457 e. The van der Waals surface area contributed by atoms with Crippen LogP contribution in [0.4, 0.5) is 0 Å². The fourth-order valence-corrected chi connectivity index (χ4v) is 10.2. The number of para-hydroxylation sites is 1. The molecule has 0 N–H and O–H groups in total. The second-order valence-corrected chi connectivity index (χ2v) is 14.3. The number of ether oxygens (including phenoxy) is 1. The van der Waals surface area contributed by atoms with Crippen molar-refractivity contribution in [2.24, 2.45) is 0 Å². The summed E-state index contributed by atoms with van der Waals surface area (Å²) in [6.07, 6.45) is 6.19. The summed E-state index contributed by atoms with van der Waals surface area (Å²) in [5, 5.41) is 2.62. The molecule has 4 aliphatic rings. The average Bonchev–Trinajstić information content (AvgIpc) is 3.62. The zero-order valence-electron chi connectivity index (χ0n) is 26.8. The molecule has 48 heavy (non-hydrogen) atoms. The minimum atomic E-state index is -0.347. The Morgan fingerprint density at radius 2 is 1.04 bits per heavy atom. The number of fused-ring (bicyclic) bond motifs is 16. The summed E-state index contributed by atoms with van der Waals surface area (Å²) >= 11 is 0. The topological polar surface area (TPSA) is 9.23 Å². The van der Waals surface area contributed by atoms with Crippen molar-refractivity contribution in [3.8, 4) is 44.9 Å². The average molecular weight is 615 g/mol. The normalized spacial score (nSPS) is 18.8. The minimum absolute atomic E-state index is 0.0197. The van der Waals surface area contributed by atoms with Gasteiger partial charge < -0.3 is 4.74 Å². The summed E-state index contributed by atoms with van der Waals surface area (Å²) in [5.74, 6) is 2.06. The molecule has 1 nitrogen and oxygen atoms in total. The lowest BCUT2D eigenvalue weighted by Crippen LogP contribution is -2.33. The van der Waals surface area contributed by atoms with Crippen LogP contribution >= 0.6 is 0 Å². The Bertz CT molecular complexity index is 2480. The van der Waals surface area contributed by atoms with Crippen LogP contribution in [0.3, 0.4) is 0 Å². The highest BCUT2D eigenvalue weighted by molar-refractivity contribution is 6.06. The Morgan fingerprint density at radius 3 is 1.92 bits per heavy atom. The lowest BCUT2D eigenvalue weighted by molar-refractivity contribution is 0.306. The van der Waals surface area contributed by atoms with E-state index in [0.717, 1.165) is 11.5 Å². The Hall–Kier alpha value is -5.40. The van der Waals surface area contributed by atoms with E-state index in [9.17, 15) is 0 Å². The number of hydrogen-bond acceptors (Lipinski definition) is 1. The van der Waals surface area contributed by atoms with Gasteiger partial charge in [0.15, 0.2) is 0 Å². The first-order valence-electron chi connectivity index (χ1n) is 17.6. The molecule has 0 amide bonds. The molecule has 1 atom stereocenters. The van der Waals surface area contributed by atoms with Gasteiger partial charge in [-0.05, 0) is 104 Å². The van der Waals surface area contributed by atoms with Crippen LogP contribution in [0.2, 0.25) is 0 Å². The van der Waals surface area contributed by atoms with Crippen LogP contribution in [-0.4, -0.2) is 0 Å². The zero-order valence-corrected chi connectivity index (χ0v) is 26.8. The van der Waals surface area contributed by atoms with Crippen molar-refractivity contribution < 1.29 is 4.74 Å². The van der Waals surface area contributed by atoms with Gasteiger partial charge in [0.05, 0.1) is 5.41 Å². The Kier molecular flexibility index (Phi) is 5.32. The second-order valence-electron chi connectivity index (χ2n) is 14.3. The molecule has 2 spiro atoms. The second kappa shape index (κ2) is 9.58. The molecular formula is C47H34O. The van der Waals surface area contributed by atoms with Crippen LogP contribution in [0.1, 0.15) is 65.5 Å². The maximum atomic E-state index is 6.58. The summed E-state index contributed by atoms with van der Waals surface area (Å²) in [6.45, 7) is 0. The third-order valence-electron chi connectivity index (χ3n) is 12.1. The Morgan fingerprint density at radius 1 is 0.417 bits per heavy atom. The van der Waals surface area contributed by atoms with E-state index in [-0.39, 0.29) is 10.8 Å². The molecule has 1 saturated carbocycles. The lowest BCUT2D eigenvalue weighted by Gasteiger charge is -2.43. The third kappa shape index (κ3) is 3.27. The molecule has 11 rings (SSSR count). The Balaban J connectivity index is 1.13. The predicted octanol–water partition coefficient (Wildman–Crippen LogP) is 12.2. The summed E-state index contributed by atoms with van der Waals surface area (Å²) < 4.78 is 6.58. The van der Waals surface area contributed by atoms with Gasteiger partial charge in [-0.2, -0.15) is 0 Å². The maximum Gasteiger partial charge on any atom is 0.131 e. The van der Waals surface area contributed by atoms with E-state index in [1.165, 1.54) is 110 Å². The van der Waals surface area contributed by atoms with Crippen LogP contribution < -0.4 is 4.74 Å². The molecule has 0 saturated heterocycles. The minimum Gasteiger partial charge on any atom is -0.457 e. The molecule has 1 heteroatoms. The van der Waals surface area contributed by atoms with Crippen LogP contribution in [-0.2, 0) is 10.8 Å². The highest BCUT2D eigenvalue weighted by atomic mass is 16.5. The zero-order chi connectivity index (χ0) is 31.5. The van der Waals surface area contributed by atoms with Gasteiger partial charge in [-0.25, -0.2) is 0 Å². The molecule has 1 unspecified atom stereocenters. The SMILES string of the molecule is c1ccc2c(c1)Oc1ccc(-c3ccc4c(c3)-c3ccccc3C43c4ccccc4-c4c3ccc3ccccc43)cc1C21CCCCC1. The summed E-state index contributed by atoms with van der Waals surface area (Å²) in [5.41, 5.74) is 15.9. The van der Waals surface area contributed by atoms with Gasteiger partial charge in [0.1, 0.15) is 11.5 Å². The summed E-state index contributed by atoms with van der Waals surface area (Å²) in [4.78, 5) is 0. The van der Waals surface area contributed by atoms with Crippen molar-refractivity contribution in [1.29, 1.82) is 0 Å². The van der Waals surface area contributed by atoms with E-state index in [4.69, 9.17) is 4.74 Å². The van der Waals surface area contributed by atoms with E-state index in [1.54, 1.807) is 0 Å². The van der Waals surface area contributed by atoms with E-state index < -0.39 is 0 Å². The molecule has 3 aliphatic carbocycles. The van der Waals surface area contributed by atoms with E-state index in [0.29, 0.717) is 0 Å². The predicted molar refractivity (Wildman–Crippen MR) is 196 cm³/mol. The van der Waals surface area contributed by atoms with Crippen molar-refractivity contribution in [3.05, 3.63) is 179 Å². The van der Waals surface area contributed by atoms with Gasteiger partial charge in [0.25, 0.3) is 0 Å². The first-order valence-corrected chi connectivity index (χ1v) is 17.6. The van der Waals surface area contributed by atoms with Crippen LogP contribution in [0.15, 0.2) is 146 Å². The first kappa shape index (κ1) is 26.6. The number of rotatable bonds is 1. The van der Waals surface area contributed by atoms with Crippen LogP contribution in [0.25, 0.3) is 44.2 Å². The molecule has 228 valence electrons. The first-order chi connectivity index (χ1) is 23.8. The van der Waals surface area contributed by atoms with Gasteiger partial charge in [-0.1, -0.05) is 141 Å². The van der Waals surface area contributed by atoms with E-state index >= 15 is 0 Å². The van der Waals surface area contributed by atoms with Crippen LogP contribution in [0.5, 0.6) is 11.5 Å². The highest BCUT2D eigenvalue weighted by Gasteiger charge is 2.52. The fourth-order valence-electron chi connectivity index (χ4n) is 10.2. The molecule has 0 radical (unpaired) electrons. The molecule has 0 aromatic heterocycles. The quantitative estimate of drug-likeness (QED) is 0.179. The summed E-state index contributed by atoms with van der Waals surface area (Å²) in [6, 6.07) is 54.8. The standard InChI is InChI=1S/C47H34O/c1-10-26-46(27-11-1)40-18-8-9-19-43(40)48-44-25-22-32(29-42(44)46)31-21-23-39-36(28-31)34-14-4-6-16-37(34)47(39)38-17-7-5-15-35(38)45-33-13-3-2-12-30(33)20-24-41(45)47/h2-9,12-25,28-29H,1,10-11,26-27H2. The molecule has 1 heterocycles. The van der Waals surface area contributed by atoms with Crippen LogP contribution in [0, 0.1) is 0 Å². The molecule has 1 aliphatic heterocycles. The summed E-state index contributed by atoms with van der Waals surface area (Å²) in [7, 11) is 0. The Labute approximate surface area is 281 Å². The molecule has 0 bridgehead atoms. The van der Waals surface area contributed by atoms with Crippen molar-refractivity contribution in [2.45, 2.75) is 42.9 Å². The number of hydrogen-bond donors (Lipinski definition) is 0. The molecular weight excluding hydrogens is 581 g/mol. The van der Waals surface area contributed by atoms with Gasteiger partial charge in [0, 0.05) is 16.5 Å². The monoisotopic (exact) mass is 614 g/mol. The third-order valence-corrected chi connectivity index (χ3v) is 12.1.